The lowest BCUT2D eigenvalue weighted by Gasteiger charge is -2.71. The van der Waals surface area contributed by atoms with Gasteiger partial charge in [-0.1, -0.05) is 66.5 Å². The van der Waals surface area contributed by atoms with Crippen molar-refractivity contribution in [2.45, 2.75) is 144 Å². The Morgan fingerprint density at radius 3 is 2.41 bits per heavy atom. The minimum Gasteiger partial charge on any atom is -0.497 e. The molecule has 3 saturated carbocycles. The van der Waals surface area contributed by atoms with Gasteiger partial charge in [0.05, 0.1) is 12.4 Å². The Hall–Kier alpha value is -1.94. The van der Waals surface area contributed by atoms with Crippen LogP contribution in [0.15, 0.2) is 47.5 Å². The van der Waals surface area contributed by atoms with Crippen LogP contribution in [0.5, 0.6) is 0 Å². The van der Waals surface area contributed by atoms with Crippen molar-refractivity contribution >= 4 is 5.78 Å². The van der Waals surface area contributed by atoms with Crippen molar-refractivity contribution in [2.24, 2.45) is 50.2 Å². The van der Waals surface area contributed by atoms with Crippen LogP contribution in [0.1, 0.15) is 150 Å². The molecule has 0 bridgehead atoms. The van der Waals surface area contributed by atoms with Gasteiger partial charge in [-0.05, 0) is 152 Å². The molecule has 2 unspecified atom stereocenters. The van der Waals surface area contributed by atoms with Gasteiger partial charge in [-0.15, -0.1) is 0 Å². The first-order valence-corrected chi connectivity index (χ1v) is 20.5. The van der Waals surface area contributed by atoms with Gasteiger partial charge in [0, 0.05) is 43.1 Å². The molecular weight excluding hydrogens is 601 g/mol. The average molecular weight is 667 g/mol. The fourth-order valence-electron chi connectivity index (χ4n) is 14.1. The van der Waals surface area contributed by atoms with Crippen LogP contribution in [0.25, 0.3) is 0 Å². The Balaban J connectivity index is 1.11. The van der Waals surface area contributed by atoms with Crippen LogP contribution in [0.3, 0.4) is 0 Å². The molecule has 1 aromatic rings. The van der Waals surface area contributed by atoms with Gasteiger partial charge in [0.2, 0.25) is 0 Å². The smallest absolute Gasteiger partial charge is 0.140 e. The maximum absolute atomic E-state index is 14.6. The zero-order chi connectivity index (χ0) is 34.5. The number of ketones is 1. The van der Waals surface area contributed by atoms with E-state index in [9.17, 15) is 4.79 Å². The zero-order valence-electron chi connectivity index (χ0n) is 32.1. The average Bonchev–Trinajstić information content (AvgIpc) is 3.08. The lowest BCUT2D eigenvalue weighted by atomic mass is 9.33. The van der Waals surface area contributed by atoms with Gasteiger partial charge >= 0.3 is 0 Å². The third kappa shape index (κ3) is 5.13. The number of rotatable bonds is 5. The molecule has 3 heterocycles. The highest BCUT2D eigenvalue weighted by Crippen LogP contribution is 2.76. The molecular formula is C45H66N2O2. The van der Waals surface area contributed by atoms with Crippen LogP contribution < -0.4 is 0 Å². The van der Waals surface area contributed by atoms with Crippen LogP contribution in [-0.2, 0) is 9.53 Å². The number of hydrogen-bond acceptors (Lipinski definition) is 4. The number of Topliss-reactive ketones (excluding diaryl/α,β-unsaturated/α-hetero) is 1. The fourth-order valence-corrected chi connectivity index (χ4v) is 14.1. The van der Waals surface area contributed by atoms with Crippen molar-refractivity contribution in [1.82, 2.24) is 9.88 Å². The summed E-state index contributed by atoms with van der Waals surface area (Å²) in [4.78, 5) is 21.5. The summed E-state index contributed by atoms with van der Waals surface area (Å²) in [6.45, 7) is 22.3. The van der Waals surface area contributed by atoms with Crippen molar-refractivity contribution < 1.29 is 9.53 Å². The minimum atomic E-state index is -0.144. The van der Waals surface area contributed by atoms with Crippen molar-refractivity contribution in [2.75, 3.05) is 26.2 Å². The summed E-state index contributed by atoms with van der Waals surface area (Å²) in [6, 6.07) is 4.37. The summed E-state index contributed by atoms with van der Waals surface area (Å²) >= 11 is 0. The second-order valence-corrected chi connectivity index (χ2v) is 20.2. The molecule has 0 N–H and O–H groups in total. The fraction of sp³-hybridized carbons (Fsp3) is 0.778. The van der Waals surface area contributed by atoms with Gasteiger partial charge in [-0.3, -0.25) is 9.78 Å². The zero-order valence-corrected chi connectivity index (χ0v) is 32.1. The summed E-state index contributed by atoms with van der Waals surface area (Å²) in [6.07, 6.45) is 23.1. The van der Waals surface area contributed by atoms with Crippen LogP contribution in [-0.4, -0.2) is 41.9 Å². The number of carbonyl (C=O) groups is 1. The number of piperidine rings is 1. The van der Waals surface area contributed by atoms with E-state index in [2.05, 4.69) is 76.6 Å². The van der Waals surface area contributed by atoms with Gasteiger partial charge in [-0.25, -0.2) is 0 Å². The topological polar surface area (TPSA) is 42.4 Å². The lowest BCUT2D eigenvalue weighted by molar-refractivity contribution is -0.175. The quantitative estimate of drug-likeness (QED) is 0.293. The van der Waals surface area contributed by atoms with Crippen molar-refractivity contribution in [3.8, 4) is 0 Å². The first-order valence-electron chi connectivity index (χ1n) is 20.5. The molecule has 49 heavy (non-hydrogen) atoms. The Morgan fingerprint density at radius 2 is 1.65 bits per heavy atom. The Labute approximate surface area is 298 Å². The summed E-state index contributed by atoms with van der Waals surface area (Å²) in [5.74, 6) is 4.05. The van der Waals surface area contributed by atoms with Crippen LogP contribution >= 0.6 is 0 Å². The second-order valence-electron chi connectivity index (χ2n) is 20.2. The van der Waals surface area contributed by atoms with Crippen molar-refractivity contribution in [1.29, 1.82) is 0 Å². The SMILES string of the molecule is CC1(C)CC[C@]2(C(=O)CCN3CCCCC3)CC[C@]3(C)C(=CC[C@@H]4[C@@]5(C)CC6=C(CC(c7ccncc7)CO6)C(C)(C)C5CC[C@]43C)[C@@H]2C1. The molecule has 2 aliphatic heterocycles. The monoisotopic (exact) mass is 667 g/mol. The minimum absolute atomic E-state index is 0.121. The normalized spacial score (nSPS) is 42.7. The molecule has 7 aliphatic rings. The molecule has 1 saturated heterocycles. The molecule has 4 heteroatoms. The molecule has 4 fully saturated rings. The molecule has 8 atom stereocenters. The number of pyridine rings is 1. The largest absolute Gasteiger partial charge is 0.497 e. The van der Waals surface area contributed by atoms with E-state index in [0.717, 1.165) is 45.3 Å². The Kier molecular flexibility index (Phi) is 8.22. The first kappa shape index (κ1) is 34.2. The number of likely N-dealkylation sites (tertiary alicyclic amines) is 1. The van der Waals surface area contributed by atoms with E-state index < -0.39 is 0 Å². The maximum atomic E-state index is 14.6. The standard InChI is InChI=1S/C45H66N2O2/c1-40(2)18-20-45(39(48)16-26-47-24-9-8-10-25-47)21-19-43(6)33(35(45)28-40)11-12-38-42(5)29-36-34(41(3,4)37(42)13-17-44(38,43)7)27-32(30-49-36)31-14-22-46-23-15-31/h11,14-15,22-23,32,35,37-38H,8-10,12-13,16-21,24-30H2,1-7H3/t32?,35-,37?,38+,42-,43+,44+,45-/m0/s1. The van der Waals surface area contributed by atoms with E-state index in [1.54, 1.807) is 11.1 Å². The van der Waals surface area contributed by atoms with E-state index >= 15 is 0 Å². The summed E-state index contributed by atoms with van der Waals surface area (Å²) in [5.41, 5.74) is 5.53. The summed E-state index contributed by atoms with van der Waals surface area (Å²) in [7, 11) is 0. The number of aromatic nitrogens is 1. The molecule has 0 aromatic carbocycles. The molecule has 0 radical (unpaired) electrons. The molecule has 4 nitrogen and oxygen atoms in total. The lowest BCUT2D eigenvalue weighted by Crippen LogP contribution is -2.64. The van der Waals surface area contributed by atoms with Crippen molar-refractivity contribution in [3.63, 3.8) is 0 Å². The summed E-state index contributed by atoms with van der Waals surface area (Å²) in [5, 5.41) is 0. The van der Waals surface area contributed by atoms with E-state index in [1.807, 2.05) is 12.4 Å². The number of hydrogen-bond donors (Lipinski definition) is 0. The van der Waals surface area contributed by atoms with E-state index in [-0.39, 0.29) is 27.1 Å². The summed E-state index contributed by atoms with van der Waals surface area (Å²) < 4.78 is 6.85. The highest BCUT2D eigenvalue weighted by Gasteiger charge is 2.69. The number of fused-ring (bicyclic) bond motifs is 7. The number of ether oxygens (including phenoxy) is 1. The third-order valence-electron chi connectivity index (χ3n) is 17.2. The molecule has 268 valence electrons. The maximum Gasteiger partial charge on any atom is 0.140 e. The first-order chi connectivity index (χ1) is 23.2. The molecule has 1 aromatic heterocycles. The third-order valence-corrected chi connectivity index (χ3v) is 17.2. The highest BCUT2D eigenvalue weighted by atomic mass is 16.5. The van der Waals surface area contributed by atoms with E-state index in [1.165, 1.54) is 82.2 Å². The van der Waals surface area contributed by atoms with Crippen molar-refractivity contribution in [3.05, 3.63) is 53.1 Å². The van der Waals surface area contributed by atoms with E-state index in [4.69, 9.17) is 4.74 Å². The number of nitrogens with zero attached hydrogens (tertiary/aromatic N) is 2. The molecule has 0 spiro atoms. The van der Waals surface area contributed by atoms with Crippen LogP contribution in [0.4, 0.5) is 0 Å². The van der Waals surface area contributed by atoms with Crippen LogP contribution in [0, 0.1) is 50.2 Å². The molecule has 0 amide bonds. The van der Waals surface area contributed by atoms with Gasteiger partial charge in [-0.2, -0.15) is 0 Å². The van der Waals surface area contributed by atoms with Gasteiger partial charge < -0.3 is 9.64 Å². The number of carbonyl (C=O) groups excluding carboxylic acids is 1. The van der Waals surface area contributed by atoms with Gasteiger partial charge in [0.25, 0.3) is 0 Å². The number of allylic oxidation sites excluding steroid dienone is 4. The predicted octanol–water partition coefficient (Wildman–Crippen LogP) is 10.7. The Morgan fingerprint density at radius 1 is 0.918 bits per heavy atom. The van der Waals surface area contributed by atoms with E-state index in [0.29, 0.717) is 34.9 Å². The predicted molar refractivity (Wildman–Crippen MR) is 199 cm³/mol. The van der Waals surface area contributed by atoms with Gasteiger partial charge in [0.15, 0.2) is 0 Å². The highest BCUT2D eigenvalue weighted by molar-refractivity contribution is 5.86. The Bertz CT molecular complexity index is 1520. The van der Waals surface area contributed by atoms with Crippen LogP contribution in [0.2, 0.25) is 0 Å². The second kappa shape index (κ2) is 11.8. The molecule has 5 aliphatic carbocycles. The molecule has 8 rings (SSSR count). The van der Waals surface area contributed by atoms with Gasteiger partial charge in [0.1, 0.15) is 5.78 Å².